The van der Waals surface area contributed by atoms with Gasteiger partial charge in [0.25, 0.3) is 0 Å². The molecule has 0 aromatic rings. The van der Waals surface area contributed by atoms with Crippen LogP contribution in [0.3, 0.4) is 0 Å². The first-order chi connectivity index (χ1) is 4.96. The predicted molar refractivity (Wildman–Crippen MR) is 56.0 cm³/mol. The number of Topliss-reactive ketones (excluding diaryl/α,β-unsaturated/α-hetero) is 1. The molecule has 0 aliphatic rings. The highest BCUT2D eigenvalue weighted by Crippen LogP contribution is 2.29. The van der Waals surface area contributed by atoms with Crippen LogP contribution in [0.1, 0.15) is 13.8 Å². The first-order valence-electron chi connectivity index (χ1n) is 3.26. The molecular weight excluding hydrogens is 295 g/mol. The minimum absolute atomic E-state index is 0.0699. The first-order valence-corrected chi connectivity index (χ1v) is 5.83. The highest BCUT2D eigenvalue weighted by Gasteiger charge is 2.33. The van der Waals surface area contributed by atoms with Gasteiger partial charge < -0.3 is 0 Å². The van der Waals surface area contributed by atoms with Gasteiger partial charge in [0.2, 0.25) is 0 Å². The van der Waals surface area contributed by atoms with Gasteiger partial charge in [0, 0.05) is 15.6 Å². The van der Waals surface area contributed by atoms with E-state index < -0.39 is 0 Å². The average molecular weight is 306 g/mol. The monoisotopic (exact) mass is 304 g/mol. The van der Waals surface area contributed by atoms with Crippen molar-refractivity contribution in [2.75, 3.05) is 11.2 Å². The van der Waals surface area contributed by atoms with Crippen molar-refractivity contribution in [3.8, 4) is 0 Å². The summed E-state index contributed by atoms with van der Waals surface area (Å²) in [5, 5.41) is 0.753. The van der Waals surface area contributed by atoms with Gasteiger partial charge in [-0.15, -0.1) is 11.6 Å². The molecule has 0 rings (SSSR count). The van der Waals surface area contributed by atoms with Crippen molar-refractivity contribution in [3.63, 3.8) is 0 Å². The molecular formula is C7H11Br2ClO. The van der Waals surface area contributed by atoms with E-state index in [0.717, 1.165) is 5.33 Å². The third kappa shape index (κ3) is 3.03. The van der Waals surface area contributed by atoms with Crippen molar-refractivity contribution >= 4 is 49.2 Å². The Hall–Kier alpha value is 0.920. The smallest absolute Gasteiger partial charge is 0.154 e. The standard InChI is InChI=1S/C7H11Br2ClO/c1-7(2,5(9)3-8)6(11)4-10/h5H,3-4H2,1-2H3. The Kier molecular flexibility index (Phi) is 5.23. The molecule has 0 heterocycles. The summed E-state index contributed by atoms with van der Waals surface area (Å²) >= 11 is 12.2. The highest BCUT2D eigenvalue weighted by atomic mass is 79.9. The molecule has 0 aromatic carbocycles. The molecule has 0 saturated carbocycles. The lowest BCUT2D eigenvalue weighted by molar-refractivity contribution is -0.124. The second-order valence-electron chi connectivity index (χ2n) is 2.90. The van der Waals surface area contributed by atoms with E-state index in [9.17, 15) is 4.79 Å². The molecule has 66 valence electrons. The molecule has 1 atom stereocenters. The van der Waals surface area contributed by atoms with Crippen LogP contribution < -0.4 is 0 Å². The SMILES string of the molecule is CC(C)(C(=O)CCl)C(Br)CBr. The van der Waals surface area contributed by atoms with Crippen molar-refractivity contribution in [1.82, 2.24) is 0 Å². The van der Waals surface area contributed by atoms with Gasteiger partial charge in [0.1, 0.15) is 0 Å². The van der Waals surface area contributed by atoms with Gasteiger partial charge in [-0.25, -0.2) is 0 Å². The average Bonchev–Trinajstić information content (AvgIpc) is 2.01. The van der Waals surface area contributed by atoms with E-state index in [0.29, 0.717) is 0 Å². The molecule has 0 bridgehead atoms. The van der Waals surface area contributed by atoms with Crippen LogP contribution in [0.25, 0.3) is 0 Å². The topological polar surface area (TPSA) is 17.1 Å². The second-order valence-corrected chi connectivity index (χ2v) is 4.92. The number of halogens is 3. The van der Waals surface area contributed by atoms with Gasteiger partial charge in [0.15, 0.2) is 5.78 Å². The Morgan fingerprint density at radius 1 is 1.64 bits per heavy atom. The zero-order valence-electron chi connectivity index (χ0n) is 6.53. The van der Waals surface area contributed by atoms with Gasteiger partial charge >= 0.3 is 0 Å². The Labute approximate surface area is 89.1 Å². The fourth-order valence-corrected chi connectivity index (χ4v) is 1.95. The molecule has 0 fully saturated rings. The van der Waals surface area contributed by atoms with Gasteiger partial charge in [-0.1, -0.05) is 45.7 Å². The maximum absolute atomic E-state index is 11.3. The zero-order valence-corrected chi connectivity index (χ0v) is 10.5. The Morgan fingerprint density at radius 2 is 2.09 bits per heavy atom. The van der Waals surface area contributed by atoms with Crippen LogP contribution in [0.5, 0.6) is 0 Å². The molecule has 0 aliphatic carbocycles. The van der Waals surface area contributed by atoms with Gasteiger partial charge in [0.05, 0.1) is 5.88 Å². The molecule has 1 nitrogen and oxygen atoms in total. The summed E-state index contributed by atoms with van der Waals surface area (Å²) in [6.07, 6.45) is 0. The summed E-state index contributed by atoms with van der Waals surface area (Å²) in [5.41, 5.74) is -0.384. The second kappa shape index (κ2) is 4.83. The number of hydrogen-bond donors (Lipinski definition) is 0. The molecule has 0 N–H and O–H groups in total. The number of carbonyl (C=O) groups is 1. The normalized spacial score (nSPS) is 14.6. The molecule has 0 aliphatic heterocycles. The lowest BCUT2D eigenvalue weighted by Gasteiger charge is -2.26. The predicted octanol–water partition coefficient (Wildman–Crippen LogP) is 2.98. The highest BCUT2D eigenvalue weighted by molar-refractivity contribution is 9.12. The maximum Gasteiger partial charge on any atom is 0.154 e. The molecule has 0 aromatic heterocycles. The minimum Gasteiger partial charge on any atom is -0.298 e. The molecule has 0 saturated heterocycles. The van der Waals surface area contributed by atoms with Gasteiger partial charge in [-0.3, -0.25) is 4.79 Å². The molecule has 0 amide bonds. The number of hydrogen-bond acceptors (Lipinski definition) is 1. The maximum atomic E-state index is 11.3. The first kappa shape index (κ1) is 11.9. The third-order valence-corrected chi connectivity index (χ3v) is 4.99. The quantitative estimate of drug-likeness (QED) is 0.730. The van der Waals surface area contributed by atoms with Crippen molar-refractivity contribution in [2.24, 2.45) is 5.41 Å². The Balaban J connectivity index is 4.31. The fraction of sp³-hybridized carbons (Fsp3) is 0.857. The molecule has 4 heteroatoms. The third-order valence-electron chi connectivity index (χ3n) is 1.76. The van der Waals surface area contributed by atoms with Crippen LogP contribution in [-0.2, 0) is 4.79 Å². The van der Waals surface area contributed by atoms with Crippen LogP contribution in [-0.4, -0.2) is 21.8 Å². The van der Waals surface area contributed by atoms with Gasteiger partial charge in [-0.2, -0.15) is 0 Å². The van der Waals surface area contributed by atoms with E-state index in [4.69, 9.17) is 11.6 Å². The van der Waals surface area contributed by atoms with Crippen molar-refractivity contribution < 1.29 is 4.79 Å². The number of alkyl halides is 3. The molecule has 1 unspecified atom stereocenters. The summed E-state index contributed by atoms with van der Waals surface area (Å²) in [4.78, 5) is 11.4. The zero-order chi connectivity index (χ0) is 9.07. The summed E-state index contributed by atoms with van der Waals surface area (Å²) in [5.74, 6) is 0.155. The van der Waals surface area contributed by atoms with E-state index in [1.165, 1.54) is 0 Å². The molecule has 0 radical (unpaired) electrons. The minimum atomic E-state index is -0.384. The van der Waals surface area contributed by atoms with Crippen LogP contribution in [0.15, 0.2) is 0 Å². The van der Waals surface area contributed by atoms with Gasteiger partial charge in [-0.05, 0) is 0 Å². The van der Waals surface area contributed by atoms with E-state index in [2.05, 4.69) is 31.9 Å². The Morgan fingerprint density at radius 3 is 2.36 bits per heavy atom. The fourth-order valence-electron chi connectivity index (χ4n) is 0.540. The van der Waals surface area contributed by atoms with Crippen LogP contribution in [0.2, 0.25) is 0 Å². The van der Waals surface area contributed by atoms with Crippen molar-refractivity contribution in [1.29, 1.82) is 0 Å². The molecule has 11 heavy (non-hydrogen) atoms. The Bertz CT molecular complexity index is 147. The van der Waals surface area contributed by atoms with E-state index in [1.54, 1.807) is 0 Å². The van der Waals surface area contributed by atoms with Crippen molar-refractivity contribution in [2.45, 2.75) is 18.7 Å². The number of carbonyl (C=O) groups excluding carboxylic acids is 1. The summed E-state index contributed by atoms with van der Waals surface area (Å²) in [6.45, 7) is 3.77. The van der Waals surface area contributed by atoms with E-state index in [-0.39, 0.29) is 21.9 Å². The van der Waals surface area contributed by atoms with E-state index >= 15 is 0 Å². The summed E-state index contributed by atoms with van der Waals surface area (Å²) in [7, 11) is 0. The number of rotatable bonds is 4. The number of ketones is 1. The molecule has 0 spiro atoms. The summed E-state index contributed by atoms with van der Waals surface area (Å²) in [6, 6.07) is 0. The van der Waals surface area contributed by atoms with Crippen molar-refractivity contribution in [3.05, 3.63) is 0 Å². The van der Waals surface area contributed by atoms with Crippen LogP contribution >= 0.6 is 43.5 Å². The van der Waals surface area contributed by atoms with Crippen LogP contribution in [0, 0.1) is 5.41 Å². The van der Waals surface area contributed by atoms with Crippen LogP contribution in [0.4, 0.5) is 0 Å². The van der Waals surface area contributed by atoms with E-state index in [1.807, 2.05) is 13.8 Å². The lowest BCUT2D eigenvalue weighted by atomic mass is 9.86. The summed E-state index contributed by atoms with van der Waals surface area (Å²) < 4.78 is 0. The lowest BCUT2D eigenvalue weighted by Crippen LogP contribution is -2.35. The largest absolute Gasteiger partial charge is 0.298 e.